The van der Waals surface area contributed by atoms with Gasteiger partial charge in [0.05, 0.1) is 0 Å². The van der Waals surface area contributed by atoms with Gasteiger partial charge in [-0.15, -0.1) is 0 Å². The molecular weight excluding hydrogens is 222 g/mol. The Morgan fingerprint density at radius 1 is 1.33 bits per heavy atom. The summed E-state index contributed by atoms with van der Waals surface area (Å²) in [6.45, 7) is 6.22. The molecule has 0 aliphatic carbocycles. The lowest BCUT2D eigenvalue weighted by Gasteiger charge is -2.22. The Bertz CT molecular complexity index is 385. The average Bonchev–Trinajstić information content (AvgIpc) is 2.39. The van der Waals surface area contributed by atoms with E-state index in [1.54, 1.807) is 0 Å². The maximum atomic E-state index is 4.32. The van der Waals surface area contributed by atoms with Gasteiger partial charge in [0.1, 0.15) is 0 Å². The summed E-state index contributed by atoms with van der Waals surface area (Å²) in [5.41, 5.74) is 2.64. The van der Waals surface area contributed by atoms with E-state index in [1.807, 2.05) is 7.05 Å². The fraction of sp³-hybridized carbons (Fsp3) is 0.533. The summed E-state index contributed by atoms with van der Waals surface area (Å²) < 4.78 is 0. The molecule has 0 aliphatic rings. The first-order valence-electron chi connectivity index (χ1n) is 6.65. The molecule has 0 bridgehead atoms. The molecule has 0 saturated heterocycles. The molecular formula is C15H25N3. The molecule has 0 saturated carbocycles. The van der Waals surface area contributed by atoms with Crippen molar-refractivity contribution in [1.29, 1.82) is 0 Å². The van der Waals surface area contributed by atoms with Crippen molar-refractivity contribution in [2.45, 2.75) is 33.2 Å². The first-order valence-corrected chi connectivity index (χ1v) is 6.65. The van der Waals surface area contributed by atoms with Crippen LogP contribution in [0.3, 0.4) is 0 Å². The van der Waals surface area contributed by atoms with Crippen molar-refractivity contribution >= 4 is 5.96 Å². The third-order valence-electron chi connectivity index (χ3n) is 3.12. The number of hydrogen-bond acceptors (Lipinski definition) is 1. The number of nitrogens with zero attached hydrogens (tertiary/aromatic N) is 2. The van der Waals surface area contributed by atoms with Crippen molar-refractivity contribution in [3.05, 3.63) is 35.4 Å². The standard InChI is InChI=1S/C15H25N3/c1-5-6-11-18(4)15(16-3)17-12-14-10-8-7-9-13(14)2/h7-10H,5-6,11-12H2,1-4H3,(H,16,17). The van der Waals surface area contributed by atoms with Gasteiger partial charge in [-0.1, -0.05) is 37.6 Å². The predicted octanol–water partition coefficient (Wildman–Crippen LogP) is 2.80. The minimum absolute atomic E-state index is 0.829. The van der Waals surface area contributed by atoms with Crippen LogP contribution in [-0.2, 0) is 6.54 Å². The molecule has 0 radical (unpaired) electrons. The van der Waals surface area contributed by atoms with Crippen LogP contribution in [0.25, 0.3) is 0 Å². The molecule has 3 nitrogen and oxygen atoms in total. The number of hydrogen-bond donors (Lipinski definition) is 1. The highest BCUT2D eigenvalue weighted by Gasteiger charge is 2.05. The molecule has 0 fully saturated rings. The summed E-state index contributed by atoms with van der Waals surface area (Å²) in [6, 6.07) is 8.44. The van der Waals surface area contributed by atoms with Crippen LogP contribution in [-0.4, -0.2) is 31.5 Å². The van der Waals surface area contributed by atoms with Crippen molar-refractivity contribution in [3.8, 4) is 0 Å². The summed E-state index contributed by atoms with van der Waals surface area (Å²) in [5.74, 6) is 0.965. The highest BCUT2D eigenvalue weighted by Crippen LogP contribution is 2.06. The average molecular weight is 247 g/mol. The first-order chi connectivity index (χ1) is 8.69. The van der Waals surface area contributed by atoms with E-state index >= 15 is 0 Å². The van der Waals surface area contributed by atoms with Crippen molar-refractivity contribution in [2.24, 2.45) is 4.99 Å². The molecule has 3 heteroatoms. The van der Waals surface area contributed by atoms with Crippen LogP contribution in [0, 0.1) is 6.92 Å². The fourth-order valence-electron chi connectivity index (χ4n) is 1.87. The number of guanidine groups is 1. The molecule has 0 aromatic heterocycles. The summed E-state index contributed by atoms with van der Waals surface area (Å²) >= 11 is 0. The van der Waals surface area contributed by atoms with Crippen molar-refractivity contribution < 1.29 is 0 Å². The van der Waals surface area contributed by atoms with Gasteiger partial charge in [-0.3, -0.25) is 4.99 Å². The Morgan fingerprint density at radius 3 is 2.67 bits per heavy atom. The van der Waals surface area contributed by atoms with E-state index in [-0.39, 0.29) is 0 Å². The monoisotopic (exact) mass is 247 g/mol. The minimum atomic E-state index is 0.829. The number of nitrogens with one attached hydrogen (secondary N) is 1. The number of benzene rings is 1. The van der Waals surface area contributed by atoms with Crippen molar-refractivity contribution in [3.63, 3.8) is 0 Å². The zero-order chi connectivity index (χ0) is 13.4. The molecule has 1 aromatic rings. The Labute approximate surface area is 111 Å². The third-order valence-corrected chi connectivity index (χ3v) is 3.12. The Kier molecular flexibility index (Phi) is 6.26. The number of aryl methyl sites for hydroxylation is 1. The zero-order valence-electron chi connectivity index (χ0n) is 12.0. The SMILES string of the molecule is CCCCN(C)C(=NC)NCc1ccccc1C. The summed E-state index contributed by atoms with van der Waals surface area (Å²) in [6.07, 6.45) is 2.40. The molecule has 100 valence electrons. The van der Waals surface area contributed by atoms with Crippen LogP contribution in [0.15, 0.2) is 29.3 Å². The Morgan fingerprint density at radius 2 is 2.06 bits per heavy atom. The van der Waals surface area contributed by atoms with Crippen LogP contribution >= 0.6 is 0 Å². The molecule has 18 heavy (non-hydrogen) atoms. The molecule has 1 aromatic carbocycles. The van der Waals surface area contributed by atoms with Crippen molar-refractivity contribution in [2.75, 3.05) is 20.6 Å². The maximum absolute atomic E-state index is 4.32. The van der Waals surface area contributed by atoms with E-state index in [9.17, 15) is 0 Å². The minimum Gasteiger partial charge on any atom is -0.352 e. The lowest BCUT2D eigenvalue weighted by Crippen LogP contribution is -2.39. The largest absolute Gasteiger partial charge is 0.352 e. The van der Waals surface area contributed by atoms with E-state index < -0.39 is 0 Å². The van der Waals surface area contributed by atoms with E-state index in [0.29, 0.717) is 0 Å². The first kappa shape index (κ1) is 14.6. The fourth-order valence-corrected chi connectivity index (χ4v) is 1.87. The van der Waals surface area contributed by atoms with Gasteiger partial charge in [0.2, 0.25) is 0 Å². The number of unbranched alkanes of at least 4 members (excludes halogenated alkanes) is 1. The molecule has 0 heterocycles. The topological polar surface area (TPSA) is 27.6 Å². The molecule has 0 unspecified atom stereocenters. The lowest BCUT2D eigenvalue weighted by molar-refractivity contribution is 0.464. The Balaban J connectivity index is 2.52. The van der Waals surface area contributed by atoms with E-state index in [1.165, 1.54) is 24.0 Å². The maximum Gasteiger partial charge on any atom is 0.193 e. The molecule has 1 N–H and O–H groups in total. The van der Waals surface area contributed by atoms with Gasteiger partial charge in [0.25, 0.3) is 0 Å². The quantitative estimate of drug-likeness (QED) is 0.640. The van der Waals surface area contributed by atoms with Crippen LogP contribution in [0.4, 0.5) is 0 Å². The van der Waals surface area contributed by atoms with Gasteiger partial charge < -0.3 is 10.2 Å². The third kappa shape index (κ3) is 4.40. The van der Waals surface area contributed by atoms with Crippen molar-refractivity contribution in [1.82, 2.24) is 10.2 Å². The van der Waals surface area contributed by atoms with E-state index in [4.69, 9.17) is 0 Å². The van der Waals surface area contributed by atoms with Gasteiger partial charge in [0.15, 0.2) is 5.96 Å². The second-order valence-electron chi connectivity index (χ2n) is 4.60. The zero-order valence-corrected chi connectivity index (χ0v) is 12.0. The van der Waals surface area contributed by atoms with Gasteiger partial charge in [-0.05, 0) is 24.5 Å². The molecule has 1 rings (SSSR count). The highest BCUT2D eigenvalue weighted by molar-refractivity contribution is 5.79. The van der Waals surface area contributed by atoms with Crippen LogP contribution in [0.5, 0.6) is 0 Å². The van der Waals surface area contributed by atoms with Crippen LogP contribution in [0.1, 0.15) is 30.9 Å². The van der Waals surface area contributed by atoms with E-state index in [0.717, 1.165) is 19.0 Å². The number of aliphatic imine (C=N–C) groups is 1. The summed E-state index contributed by atoms with van der Waals surface area (Å²) in [5, 5.41) is 3.41. The second-order valence-corrected chi connectivity index (χ2v) is 4.60. The summed E-state index contributed by atoms with van der Waals surface area (Å²) in [4.78, 5) is 6.50. The molecule has 0 amide bonds. The molecule has 0 aliphatic heterocycles. The van der Waals surface area contributed by atoms with Crippen LogP contribution < -0.4 is 5.32 Å². The van der Waals surface area contributed by atoms with Gasteiger partial charge >= 0.3 is 0 Å². The summed E-state index contributed by atoms with van der Waals surface area (Å²) in [7, 11) is 3.92. The Hall–Kier alpha value is -1.51. The lowest BCUT2D eigenvalue weighted by atomic mass is 10.1. The van der Waals surface area contributed by atoms with Gasteiger partial charge in [-0.2, -0.15) is 0 Å². The second kappa shape index (κ2) is 7.75. The smallest absolute Gasteiger partial charge is 0.193 e. The predicted molar refractivity (Wildman–Crippen MR) is 78.9 cm³/mol. The van der Waals surface area contributed by atoms with Gasteiger partial charge in [0, 0.05) is 27.2 Å². The normalized spacial score (nSPS) is 11.4. The van der Waals surface area contributed by atoms with E-state index in [2.05, 4.69) is 60.4 Å². The number of rotatable bonds is 5. The molecule has 0 spiro atoms. The van der Waals surface area contributed by atoms with Gasteiger partial charge in [-0.25, -0.2) is 0 Å². The van der Waals surface area contributed by atoms with Crippen LogP contribution in [0.2, 0.25) is 0 Å². The molecule has 0 atom stereocenters. The highest BCUT2D eigenvalue weighted by atomic mass is 15.3.